The maximum Gasteiger partial charge on any atom is 0.0945 e. The van der Waals surface area contributed by atoms with Crippen molar-refractivity contribution < 1.29 is 4.74 Å². The molecule has 2 saturated heterocycles. The van der Waals surface area contributed by atoms with Gasteiger partial charge in [-0.3, -0.25) is 4.90 Å². The molecule has 23 heavy (non-hydrogen) atoms. The molecule has 2 aliphatic rings. The van der Waals surface area contributed by atoms with Gasteiger partial charge in [0.15, 0.2) is 0 Å². The smallest absolute Gasteiger partial charge is 0.0945 e. The highest BCUT2D eigenvalue weighted by atomic mass is 16.5. The van der Waals surface area contributed by atoms with E-state index in [9.17, 15) is 0 Å². The van der Waals surface area contributed by atoms with Gasteiger partial charge in [-0.25, -0.2) is 0 Å². The Labute approximate surface area is 138 Å². The van der Waals surface area contributed by atoms with Crippen LogP contribution in [0.4, 0.5) is 0 Å². The summed E-state index contributed by atoms with van der Waals surface area (Å²) in [5.74, 6) is 0. The lowest BCUT2D eigenvalue weighted by Gasteiger charge is -2.36. The molecule has 2 aromatic rings. The Morgan fingerprint density at radius 1 is 0.957 bits per heavy atom. The average Bonchev–Trinajstić information content (AvgIpc) is 3.01. The summed E-state index contributed by atoms with van der Waals surface area (Å²) in [6, 6.07) is 22.0. The van der Waals surface area contributed by atoms with Gasteiger partial charge >= 0.3 is 0 Å². The molecule has 1 unspecified atom stereocenters. The number of nitrogens with one attached hydrogen (secondary N) is 1. The number of hydrogen-bond donors (Lipinski definition) is 1. The summed E-state index contributed by atoms with van der Waals surface area (Å²) in [5.41, 5.74) is 2.72. The third-order valence-electron chi connectivity index (χ3n) is 5.08. The van der Waals surface area contributed by atoms with Crippen LogP contribution in [0.2, 0.25) is 0 Å². The fraction of sp³-hybridized carbons (Fsp3) is 0.400. The van der Waals surface area contributed by atoms with E-state index in [0.717, 1.165) is 39.2 Å². The highest BCUT2D eigenvalue weighted by Gasteiger charge is 2.42. The molecule has 120 valence electrons. The van der Waals surface area contributed by atoms with Gasteiger partial charge in [0.25, 0.3) is 0 Å². The van der Waals surface area contributed by atoms with Crippen molar-refractivity contribution in [3.05, 3.63) is 71.8 Å². The van der Waals surface area contributed by atoms with Crippen LogP contribution in [0, 0.1) is 0 Å². The standard InChI is InChI=1S/C20H24N2O/c1-3-7-17(8-4-1)19(18-9-5-2-6-10-18)22-13-11-20(16-22)15-21-12-14-23-20/h1-10,19,21H,11-16H2. The third kappa shape index (κ3) is 3.05. The Balaban J connectivity index is 1.64. The summed E-state index contributed by atoms with van der Waals surface area (Å²) in [4.78, 5) is 2.58. The van der Waals surface area contributed by atoms with Crippen molar-refractivity contribution in [2.45, 2.75) is 18.1 Å². The van der Waals surface area contributed by atoms with Gasteiger partial charge in [-0.2, -0.15) is 0 Å². The van der Waals surface area contributed by atoms with E-state index in [1.165, 1.54) is 11.1 Å². The van der Waals surface area contributed by atoms with E-state index in [1.54, 1.807) is 0 Å². The van der Waals surface area contributed by atoms with Crippen molar-refractivity contribution in [2.75, 3.05) is 32.8 Å². The van der Waals surface area contributed by atoms with Crippen LogP contribution in [0.5, 0.6) is 0 Å². The highest BCUT2D eigenvalue weighted by Crippen LogP contribution is 2.36. The Hall–Kier alpha value is -1.68. The minimum atomic E-state index is 0.0000602. The monoisotopic (exact) mass is 308 g/mol. The molecule has 0 bridgehead atoms. The van der Waals surface area contributed by atoms with Crippen molar-refractivity contribution in [3.63, 3.8) is 0 Å². The quantitative estimate of drug-likeness (QED) is 0.943. The minimum absolute atomic E-state index is 0.0000602. The highest BCUT2D eigenvalue weighted by molar-refractivity contribution is 5.32. The van der Waals surface area contributed by atoms with Crippen LogP contribution >= 0.6 is 0 Å². The van der Waals surface area contributed by atoms with Crippen LogP contribution in [0.1, 0.15) is 23.6 Å². The van der Waals surface area contributed by atoms with Gasteiger partial charge in [0.05, 0.1) is 18.2 Å². The predicted molar refractivity (Wildman–Crippen MR) is 92.5 cm³/mol. The molecular weight excluding hydrogens is 284 g/mol. The molecule has 4 rings (SSSR count). The number of morpholine rings is 1. The average molecular weight is 308 g/mol. The first-order chi connectivity index (χ1) is 11.4. The lowest BCUT2D eigenvalue weighted by atomic mass is 9.97. The number of hydrogen-bond acceptors (Lipinski definition) is 3. The van der Waals surface area contributed by atoms with Crippen LogP contribution in [-0.4, -0.2) is 43.3 Å². The van der Waals surface area contributed by atoms with Gasteiger partial charge in [0.2, 0.25) is 0 Å². The molecular formula is C20H24N2O. The second kappa shape index (κ2) is 6.44. The van der Waals surface area contributed by atoms with E-state index in [2.05, 4.69) is 70.9 Å². The number of ether oxygens (including phenoxy) is 1. The van der Waals surface area contributed by atoms with Gasteiger partial charge < -0.3 is 10.1 Å². The third-order valence-corrected chi connectivity index (χ3v) is 5.08. The lowest BCUT2D eigenvalue weighted by Crippen LogP contribution is -2.51. The predicted octanol–water partition coefficient (Wildman–Crippen LogP) is 2.84. The molecule has 0 radical (unpaired) electrons. The summed E-state index contributed by atoms with van der Waals surface area (Å²) in [7, 11) is 0. The van der Waals surface area contributed by atoms with Crippen molar-refractivity contribution in [2.24, 2.45) is 0 Å². The zero-order valence-electron chi connectivity index (χ0n) is 13.4. The van der Waals surface area contributed by atoms with E-state index in [4.69, 9.17) is 4.74 Å². The summed E-state index contributed by atoms with van der Waals surface area (Å²) < 4.78 is 6.17. The molecule has 1 spiro atoms. The summed E-state index contributed by atoms with van der Waals surface area (Å²) in [6.07, 6.45) is 1.11. The molecule has 2 heterocycles. The first-order valence-electron chi connectivity index (χ1n) is 8.55. The molecule has 2 fully saturated rings. The first-order valence-corrected chi connectivity index (χ1v) is 8.55. The molecule has 3 heteroatoms. The summed E-state index contributed by atoms with van der Waals surface area (Å²) >= 11 is 0. The molecule has 1 N–H and O–H groups in total. The molecule has 0 amide bonds. The molecule has 0 saturated carbocycles. The van der Waals surface area contributed by atoms with Crippen molar-refractivity contribution >= 4 is 0 Å². The number of benzene rings is 2. The van der Waals surface area contributed by atoms with Crippen molar-refractivity contribution in [1.82, 2.24) is 10.2 Å². The number of likely N-dealkylation sites (tertiary alicyclic amines) is 1. The zero-order chi connectivity index (χ0) is 15.5. The van der Waals surface area contributed by atoms with E-state index in [1.807, 2.05) is 0 Å². The SMILES string of the molecule is c1ccc(C(c2ccccc2)N2CCC3(CNCCO3)C2)cc1. The van der Waals surface area contributed by atoms with E-state index < -0.39 is 0 Å². The van der Waals surface area contributed by atoms with Gasteiger partial charge in [0.1, 0.15) is 0 Å². The van der Waals surface area contributed by atoms with Gasteiger partial charge in [-0.1, -0.05) is 60.7 Å². The largest absolute Gasteiger partial charge is 0.371 e. The second-order valence-electron chi connectivity index (χ2n) is 6.65. The fourth-order valence-corrected chi connectivity index (χ4v) is 3.95. The zero-order valence-corrected chi connectivity index (χ0v) is 13.4. The molecule has 0 aliphatic carbocycles. The van der Waals surface area contributed by atoms with Crippen molar-refractivity contribution in [3.8, 4) is 0 Å². The van der Waals surface area contributed by atoms with E-state index >= 15 is 0 Å². The molecule has 0 aromatic heterocycles. The minimum Gasteiger partial charge on any atom is -0.371 e. The molecule has 2 aliphatic heterocycles. The maximum absolute atomic E-state index is 6.17. The summed E-state index contributed by atoms with van der Waals surface area (Å²) in [5, 5.41) is 3.50. The number of rotatable bonds is 3. The van der Waals surface area contributed by atoms with Gasteiger partial charge in [-0.05, 0) is 17.5 Å². The topological polar surface area (TPSA) is 24.5 Å². The van der Waals surface area contributed by atoms with Crippen LogP contribution in [0.3, 0.4) is 0 Å². The fourth-order valence-electron chi connectivity index (χ4n) is 3.95. The van der Waals surface area contributed by atoms with Crippen LogP contribution in [0.25, 0.3) is 0 Å². The Morgan fingerprint density at radius 3 is 2.17 bits per heavy atom. The van der Waals surface area contributed by atoms with E-state index in [-0.39, 0.29) is 5.60 Å². The summed E-state index contributed by atoms with van der Waals surface area (Å²) in [6.45, 7) is 4.85. The van der Waals surface area contributed by atoms with Crippen LogP contribution < -0.4 is 5.32 Å². The van der Waals surface area contributed by atoms with E-state index in [0.29, 0.717) is 6.04 Å². The Morgan fingerprint density at radius 2 is 1.61 bits per heavy atom. The normalized spacial score (nSPS) is 25.3. The molecule has 2 aromatic carbocycles. The Kier molecular flexibility index (Phi) is 4.17. The van der Waals surface area contributed by atoms with Crippen molar-refractivity contribution in [1.29, 1.82) is 0 Å². The first kappa shape index (κ1) is 14.9. The molecule has 3 nitrogen and oxygen atoms in total. The number of nitrogens with zero attached hydrogens (tertiary/aromatic N) is 1. The molecule has 1 atom stereocenters. The second-order valence-corrected chi connectivity index (χ2v) is 6.65. The van der Waals surface area contributed by atoms with Crippen LogP contribution in [-0.2, 0) is 4.74 Å². The van der Waals surface area contributed by atoms with Gasteiger partial charge in [0, 0.05) is 26.2 Å². The lowest BCUT2D eigenvalue weighted by molar-refractivity contribution is -0.0585. The van der Waals surface area contributed by atoms with Crippen LogP contribution in [0.15, 0.2) is 60.7 Å². The maximum atomic E-state index is 6.17. The van der Waals surface area contributed by atoms with Gasteiger partial charge in [-0.15, -0.1) is 0 Å². The Bertz CT molecular complexity index is 583.